The summed E-state index contributed by atoms with van der Waals surface area (Å²) in [5, 5.41) is 16.0. The predicted octanol–water partition coefficient (Wildman–Crippen LogP) is 3.97. The molecule has 0 aromatic carbocycles. The van der Waals surface area contributed by atoms with E-state index in [9.17, 15) is 23.2 Å². The molecule has 0 radical (unpaired) electrons. The van der Waals surface area contributed by atoms with E-state index in [1.807, 2.05) is 0 Å². The van der Waals surface area contributed by atoms with E-state index in [1.165, 1.54) is 12.8 Å². The maximum Gasteiger partial charge on any atom is 0.422 e. The summed E-state index contributed by atoms with van der Waals surface area (Å²) in [7, 11) is 1.76. The van der Waals surface area contributed by atoms with Crippen LogP contribution in [0.15, 0.2) is 12.3 Å². The number of halogens is 3. The van der Waals surface area contributed by atoms with Gasteiger partial charge in [0.1, 0.15) is 5.56 Å². The molecule has 2 saturated carbocycles. The molecule has 2 fully saturated rings. The second kappa shape index (κ2) is 9.64. The van der Waals surface area contributed by atoms with Crippen molar-refractivity contribution in [2.45, 2.75) is 96.1 Å². The van der Waals surface area contributed by atoms with Crippen molar-refractivity contribution in [3.8, 4) is 0 Å². The van der Waals surface area contributed by atoms with Gasteiger partial charge in [0, 0.05) is 31.3 Å². The molecule has 4 rings (SSSR count). The third kappa shape index (κ3) is 4.78. The standard InChI is InChI=1S/C25H36F3N3O3/c1-16(2)24(10-8-19(13-24)29-20-6-4-5-7-22(20)34-3)23(32)30-11-9-21-17(14-30)12-18(15-31(21)33)25(26,27)28/h12,15-16,19-20,22,29H,4-11,13-14H2,1-3H3/t19-,20?,22?,24+/m1/s1. The van der Waals surface area contributed by atoms with Crippen molar-refractivity contribution in [3.05, 3.63) is 34.3 Å². The molecule has 1 aromatic heterocycles. The SMILES string of the molecule is COC1CCCCC1N[C@@H]1CC[C@@](C(=O)N2CCc3c(cc(C(F)(F)F)c[n+]3[O-])C2)(C(C)C)C1. The van der Waals surface area contributed by atoms with Crippen LogP contribution in [0.1, 0.15) is 75.6 Å². The van der Waals surface area contributed by atoms with Gasteiger partial charge in [-0.2, -0.15) is 17.9 Å². The minimum atomic E-state index is -4.60. The van der Waals surface area contributed by atoms with Crippen LogP contribution < -0.4 is 10.0 Å². The minimum absolute atomic E-state index is 0.000698. The molecule has 190 valence electrons. The maximum absolute atomic E-state index is 13.9. The van der Waals surface area contributed by atoms with E-state index in [0.717, 1.165) is 31.7 Å². The summed E-state index contributed by atoms with van der Waals surface area (Å²) in [6, 6.07) is 1.53. The summed E-state index contributed by atoms with van der Waals surface area (Å²) in [6.07, 6.45) is 3.25. The van der Waals surface area contributed by atoms with Crippen molar-refractivity contribution in [1.82, 2.24) is 10.2 Å². The molecule has 34 heavy (non-hydrogen) atoms. The van der Waals surface area contributed by atoms with Gasteiger partial charge in [0.2, 0.25) is 5.91 Å². The summed E-state index contributed by atoms with van der Waals surface area (Å²) in [5.41, 5.74) is -0.910. The van der Waals surface area contributed by atoms with E-state index in [1.54, 1.807) is 12.0 Å². The molecule has 1 amide bonds. The second-order valence-electron chi connectivity index (χ2n) is 10.6. The summed E-state index contributed by atoms with van der Waals surface area (Å²) < 4.78 is 45.7. The zero-order valence-electron chi connectivity index (χ0n) is 20.3. The maximum atomic E-state index is 13.9. The molecular weight excluding hydrogens is 447 g/mol. The number of carbonyl (C=O) groups is 1. The fourth-order valence-electron chi connectivity index (χ4n) is 6.29. The minimum Gasteiger partial charge on any atom is -0.618 e. The summed E-state index contributed by atoms with van der Waals surface area (Å²) >= 11 is 0. The van der Waals surface area contributed by atoms with E-state index < -0.39 is 17.2 Å². The lowest BCUT2D eigenvalue weighted by molar-refractivity contribution is -0.616. The highest BCUT2D eigenvalue weighted by molar-refractivity contribution is 5.83. The van der Waals surface area contributed by atoms with Gasteiger partial charge in [-0.1, -0.05) is 26.7 Å². The van der Waals surface area contributed by atoms with Crippen molar-refractivity contribution in [2.24, 2.45) is 11.3 Å². The van der Waals surface area contributed by atoms with Gasteiger partial charge >= 0.3 is 6.18 Å². The molecule has 2 unspecified atom stereocenters. The topological polar surface area (TPSA) is 68.5 Å². The molecule has 2 aliphatic carbocycles. The average molecular weight is 484 g/mol. The third-order valence-electron chi connectivity index (χ3n) is 8.35. The number of methoxy groups -OCH3 is 1. The number of hydrogen-bond donors (Lipinski definition) is 1. The number of rotatable bonds is 5. The molecule has 0 saturated heterocycles. The molecule has 1 N–H and O–H groups in total. The first-order chi connectivity index (χ1) is 16.0. The van der Waals surface area contributed by atoms with Crippen molar-refractivity contribution < 1.29 is 27.4 Å². The zero-order chi connectivity index (χ0) is 24.7. The van der Waals surface area contributed by atoms with E-state index >= 15 is 0 Å². The first-order valence-electron chi connectivity index (χ1n) is 12.5. The largest absolute Gasteiger partial charge is 0.618 e. The normalized spacial score (nSPS) is 30.0. The third-order valence-corrected chi connectivity index (χ3v) is 8.35. The van der Waals surface area contributed by atoms with Gasteiger partial charge in [-0.15, -0.1) is 0 Å². The molecule has 0 bridgehead atoms. The van der Waals surface area contributed by atoms with Crippen LogP contribution in [0.4, 0.5) is 13.2 Å². The van der Waals surface area contributed by atoms with Crippen molar-refractivity contribution in [2.75, 3.05) is 13.7 Å². The quantitative estimate of drug-likeness (QED) is 0.509. The second-order valence-corrected chi connectivity index (χ2v) is 10.6. The Morgan fingerprint density at radius 3 is 2.71 bits per heavy atom. The van der Waals surface area contributed by atoms with Crippen LogP contribution in [0.2, 0.25) is 0 Å². The molecule has 9 heteroatoms. The number of alkyl halides is 3. The number of pyridine rings is 1. The fourth-order valence-corrected chi connectivity index (χ4v) is 6.29. The Morgan fingerprint density at radius 1 is 1.29 bits per heavy atom. The fraction of sp³-hybridized carbons (Fsp3) is 0.760. The Morgan fingerprint density at radius 2 is 2.03 bits per heavy atom. The number of carbonyl (C=O) groups excluding carboxylic acids is 1. The Bertz CT molecular complexity index is 907. The van der Waals surface area contributed by atoms with Gasteiger partial charge in [0.25, 0.3) is 0 Å². The lowest BCUT2D eigenvalue weighted by Crippen LogP contribution is -2.51. The molecule has 1 aromatic rings. The number of hydrogen-bond acceptors (Lipinski definition) is 4. The first kappa shape index (κ1) is 25.2. The van der Waals surface area contributed by atoms with Crippen LogP contribution in [0, 0.1) is 16.5 Å². The number of nitrogens with one attached hydrogen (secondary N) is 1. The highest BCUT2D eigenvalue weighted by Crippen LogP contribution is 2.47. The molecule has 1 aliphatic heterocycles. The van der Waals surface area contributed by atoms with Gasteiger partial charge < -0.3 is 20.2 Å². The number of nitrogens with zero attached hydrogens (tertiary/aromatic N) is 2. The molecule has 3 aliphatic rings. The van der Waals surface area contributed by atoms with Crippen LogP contribution in [0.25, 0.3) is 0 Å². The monoisotopic (exact) mass is 483 g/mol. The highest BCUT2D eigenvalue weighted by Gasteiger charge is 2.50. The zero-order valence-corrected chi connectivity index (χ0v) is 20.3. The Labute approximate surface area is 199 Å². The first-order valence-corrected chi connectivity index (χ1v) is 12.5. The average Bonchev–Trinajstić information content (AvgIpc) is 3.23. The number of aromatic nitrogens is 1. The Kier molecular flexibility index (Phi) is 7.16. The number of fused-ring (bicyclic) bond motifs is 1. The summed E-state index contributed by atoms with van der Waals surface area (Å²) in [4.78, 5) is 15.5. The molecule has 0 spiro atoms. The van der Waals surface area contributed by atoms with Gasteiger partial charge in [0.15, 0.2) is 11.9 Å². The lowest BCUT2D eigenvalue weighted by Gasteiger charge is -2.39. The smallest absolute Gasteiger partial charge is 0.422 e. The van der Waals surface area contributed by atoms with Crippen LogP contribution in [0.5, 0.6) is 0 Å². The Hall–Kier alpha value is -1.87. The number of ether oxygens (including phenoxy) is 1. The molecule has 4 atom stereocenters. The number of amides is 1. The van der Waals surface area contributed by atoms with Crippen molar-refractivity contribution >= 4 is 5.91 Å². The molecule has 2 heterocycles. The van der Waals surface area contributed by atoms with Gasteiger partial charge in [-0.05, 0) is 44.1 Å². The van der Waals surface area contributed by atoms with Gasteiger partial charge in [-0.3, -0.25) is 4.79 Å². The van der Waals surface area contributed by atoms with Crippen LogP contribution in [-0.2, 0) is 28.7 Å². The highest BCUT2D eigenvalue weighted by atomic mass is 19.4. The van der Waals surface area contributed by atoms with Crippen LogP contribution in [0.3, 0.4) is 0 Å². The molecule has 6 nitrogen and oxygen atoms in total. The molecular formula is C25H36F3N3O3. The van der Waals surface area contributed by atoms with Gasteiger partial charge in [-0.25, -0.2) is 0 Å². The van der Waals surface area contributed by atoms with Crippen LogP contribution >= 0.6 is 0 Å². The Balaban J connectivity index is 1.50. The van der Waals surface area contributed by atoms with Crippen LogP contribution in [-0.4, -0.2) is 42.6 Å². The van der Waals surface area contributed by atoms with Gasteiger partial charge in [0.05, 0.1) is 24.5 Å². The predicted molar refractivity (Wildman–Crippen MR) is 121 cm³/mol. The van der Waals surface area contributed by atoms with E-state index in [0.29, 0.717) is 35.2 Å². The summed E-state index contributed by atoms with van der Waals surface area (Å²) in [6.45, 7) is 4.51. The van der Waals surface area contributed by atoms with Crippen molar-refractivity contribution in [1.29, 1.82) is 0 Å². The summed E-state index contributed by atoms with van der Waals surface area (Å²) in [5.74, 6) is 0.1000. The lowest BCUT2D eigenvalue weighted by atomic mass is 9.74. The van der Waals surface area contributed by atoms with E-state index in [-0.39, 0.29) is 43.0 Å². The van der Waals surface area contributed by atoms with E-state index in [4.69, 9.17) is 4.74 Å². The van der Waals surface area contributed by atoms with E-state index in [2.05, 4.69) is 19.2 Å². The van der Waals surface area contributed by atoms with Crippen molar-refractivity contribution in [3.63, 3.8) is 0 Å².